The van der Waals surface area contributed by atoms with Crippen LogP contribution in [0.25, 0.3) is 0 Å². The van der Waals surface area contributed by atoms with Gasteiger partial charge in [0, 0.05) is 5.41 Å². The molecule has 0 amide bonds. The van der Waals surface area contributed by atoms with E-state index >= 15 is 0 Å². The molecule has 0 atom stereocenters. The molecular formula is C22H19NO2. The van der Waals surface area contributed by atoms with E-state index in [-0.39, 0.29) is 5.41 Å². The van der Waals surface area contributed by atoms with Crippen LogP contribution in [0.15, 0.2) is 78.9 Å². The number of hydrogen-bond donors (Lipinski definition) is 0. The Morgan fingerprint density at radius 3 is 1.68 bits per heavy atom. The summed E-state index contributed by atoms with van der Waals surface area (Å²) in [5, 5.41) is 8.57. The van der Waals surface area contributed by atoms with Gasteiger partial charge in [-0.3, -0.25) is 0 Å². The van der Waals surface area contributed by atoms with E-state index in [9.17, 15) is 0 Å². The van der Waals surface area contributed by atoms with Crippen LogP contribution in [-0.4, -0.2) is 0 Å². The van der Waals surface area contributed by atoms with Gasteiger partial charge in [0.15, 0.2) is 0 Å². The molecule has 0 saturated heterocycles. The van der Waals surface area contributed by atoms with Crippen LogP contribution in [0.5, 0.6) is 17.2 Å². The largest absolute Gasteiger partial charge is 0.457 e. The maximum absolute atomic E-state index is 8.57. The first-order chi connectivity index (χ1) is 12.1. The van der Waals surface area contributed by atoms with Gasteiger partial charge in [-0.1, -0.05) is 56.3 Å². The lowest BCUT2D eigenvalue weighted by Crippen LogP contribution is -2.18. The molecule has 0 radical (unpaired) electrons. The molecule has 0 aliphatic rings. The Morgan fingerprint density at radius 2 is 1.16 bits per heavy atom. The summed E-state index contributed by atoms with van der Waals surface area (Å²) in [4.78, 5) is 0. The van der Waals surface area contributed by atoms with Gasteiger partial charge in [0.1, 0.15) is 17.2 Å². The van der Waals surface area contributed by atoms with Crippen molar-refractivity contribution in [1.29, 1.82) is 5.26 Å². The molecule has 3 aromatic carbocycles. The minimum absolute atomic E-state index is 0.170. The molecule has 0 aromatic heterocycles. The second kappa shape index (κ2) is 7.11. The maximum atomic E-state index is 8.57. The van der Waals surface area contributed by atoms with E-state index in [1.165, 1.54) is 5.56 Å². The predicted molar refractivity (Wildman–Crippen MR) is 97.8 cm³/mol. The molecule has 3 rings (SSSR count). The summed E-state index contributed by atoms with van der Waals surface area (Å²) in [6, 6.07) is 25.5. The van der Waals surface area contributed by atoms with Crippen LogP contribution in [-0.2, 0) is 5.41 Å². The lowest BCUT2D eigenvalue weighted by molar-refractivity contribution is 0.482. The van der Waals surface area contributed by atoms with Gasteiger partial charge in [0.05, 0.1) is 0 Å². The molecule has 0 unspecified atom stereocenters. The normalized spacial score (nSPS) is 10.8. The van der Waals surface area contributed by atoms with Crippen molar-refractivity contribution >= 4 is 0 Å². The number of rotatable bonds is 5. The van der Waals surface area contributed by atoms with Crippen molar-refractivity contribution in [3.8, 4) is 23.5 Å². The van der Waals surface area contributed by atoms with Crippen molar-refractivity contribution < 1.29 is 9.47 Å². The average Bonchev–Trinajstić information content (AvgIpc) is 2.64. The van der Waals surface area contributed by atoms with Crippen LogP contribution >= 0.6 is 0 Å². The van der Waals surface area contributed by atoms with E-state index in [1.54, 1.807) is 6.26 Å². The Morgan fingerprint density at radius 1 is 0.680 bits per heavy atom. The van der Waals surface area contributed by atoms with E-state index in [4.69, 9.17) is 14.7 Å². The van der Waals surface area contributed by atoms with Crippen LogP contribution in [0.4, 0.5) is 0 Å². The first-order valence-corrected chi connectivity index (χ1v) is 8.09. The van der Waals surface area contributed by atoms with Gasteiger partial charge in [-0.15, -0.1) is 5.26 Å². The maximum Gasteiger partial charge on any atom is 0.292 e. The fourth-order valence-corrected chi connectivity index (χ4v) is 2.72. The van der Waals surface area contributed by atoms with Crippen molar-refractivity contribution in [1.82, 2.24) is 0 Å². The molecule has 0 fully saturated rings. The fraction of sp³-hybridized carbons (Fsp3) is 0.136. The number of para-hydroxylation sites is 1. The molecule has 0 bridgehead atoms. The van der Waals surface area contributed by atoms with Crippen molar-refractivity contribution in [2.75, 3.05) is 0 Å². The summed E-state index contributed by atoms with van der Waals surface area (Å²) >= 11 is 0. The highest BCUT2D eigenvalue weighted by molar-refractivity contribution is 5.42. The first-order valence-electron chi connectivity index (χ1n) is 8.09. The Balaban J connectivity index is 1.79. The number of ether oxygens (including phenoxy) is 2. The van der Waals surface area contributed by atoms with E-state index in [1.807, 2.05) is 66.7 Å². The van der Waals surface area contributed by atoms with Crippen LogP contribution in [0.2, 0.25) is 0 Å². The molecule has 0 aliphatic heterocycles. The summed E-state index contributed by atoms with van der Waals surface area (Å²) in [6.45, 7) is 4.33. The molecule has 3 aromatic rings. The zero-order valence-electron chi connectivity index (χ0n) is 14.3. The molecule has 25 heavy (non-hydrogen) atoms. The highest BCUT2D eigenvalue weighted by atomic mass is 16.5. The Labute approximate surface area is 148 Å². The van der Waals surface area contributed by atoms with E-state index in [0.717, 1.165) is 17.1 Å². The van der Waals surface area contributed by atoms with Gasteiger partial charge in [0.25, 0.3) is 6.26 Å². The smallest absolute Gasteiger partial charge is 0.292 e. The fourth-order valence-electron chi connectivity index (χ4n) is 2.72. The zero-order chi connectivity index (χ0) is 17.7. The number of benzene rings is 3. The standard InChI is InChI=1S/C22H19NO2/c1-22(2,17-8-12-19(13-9-17)24-16-23)18-10-14-21(15-11-18)25-20-6-4-3-5-7-20/h3-15H,1-2H3. The molecule has 0 spiro atoms. The molecule has 0 N–H and O–H groups in total. The Kier molecular flexibility index (Phi) is 4.72. The number of nitrogens with zero attached hydrogens (tertiary/aromatic N) is 1. The van der Waals surface area contributed by atoms with Crippen molar-refractivity contribution in [2.24, 2.45) is 0 Å². The second-order valence-corrected chi connectivity index (χ2v) is 6.28. The lowest BCUT2D eigenvalue weighted by atomic mass is 9.78. The van der Waals surface area contributed by atoms with Crippen LogP contribution in [0, 0.1) is 11.5 Å². The third kappa shape index (κ3) is 3.81. The van der Waals surface area contributed by atoms with Gasteiger partial charge >= 0.3 is 0 Å². The number of nitriles is 1. The van der Waals surface area contributed by atoms with Crippen molar-refractivity contribution in [2.45, 2.75) is 19.3 Å². The molecule has 0 aliphatic carbocycles. The summed E-state index contributed by atoms with van der Waals surface area (Å²) in [5.74, 6) is 2.18. The van der Waals surface area contributed by atoms with E-state index in [0.29, 0.717) is 5.75 Å². The highest BCUT2D eigenvalue weighted by Crippen LogP contribution is 2.34. The molecule has 3 nitrogen and oxygen atoms in total. The van der Waals surface area contributed by atoms with Gasteiger partial charge < -0.3 is 9.47 Å². The summed E-state index contributed by atoms with van der Waals surface area (Å²) in [5.41, 5.74) is 2.16. The zero-order valence-corrected chi connectivity index (χ0v) is 14.3. The van der Waals surface area contributed by atoms with Crippen LogP contribution < -0.4 is 9.47 Å². The van der Waals surface area contributed by atoms with Gasteiger partial charge in [0.2, 0.25) is 0 Å². The molecule has 0 saturated carbocycles. The van der Waals surface area contributed by atoms with Gasteiger partial charge in [-0.05, 0) is 47.5 Å². The summed E-state index contributed by atoms with van der Waals surface area (Å²) in [7, 11) is 0. The topological polar surface area (TPSA) is 42.2 Å². The molecule has 124 valence electrons. The third-order valence-electron chi connectivity index (χ3n) is 4.29. The SMILES string of the molecule is CC(C)(c1ccc(OC#N)cc1)c1ccc(Oc2ccccc2)cc1. The van der Waals surface area contributed by atoms with Crippen molar-refractivity contribution in [3.05, 3.63) is 90.0 Å². The Bertz CT molecular complexity index is 861. The third-order valence-corrected chi connectivity index (χ3v) is 4.29. The highest BCUT2D eigenvalue weighted by Gasteiger charge is 2.23. The second-order valence-electron chi connectivity index (χ2n) is 6.28. The minimum atomic E-state index is -0.170. The number of hydrogen-bond acceptors (Lipinski definition) is 3. The molecule has 3 heteroatoms. The quantitative estimate of drug-likeness (QED) is 0.567. The monoisotopic (exact) mass is 329 g/mol. The summed E-state index contributed by atoms with van der Waals surface area (Å²) < 4.78 is 10.7. The Hall–Kier alpha value is -3.25. The molecule has 0 heterocycles. The van der Waals surface area contributed by atoms with Gasteiger partial charge in [-0.25, -0.2) is 0 Å². The first kappa shape index (κ1) is 16.6. The van der Waals surface area contributed by atoms with Crippen LogP contribution in [0.1, 0.15) is 25.0 Å². The molecular weight excluding hydrogens is 310 g/mol. The van der Waals surface area contributed by atoms with Crippen molar-refractivity contribution in [3.63, 3.8) is 0 Å². The van der Waals surface area contributed by atoms with Gasteiger partial charge in [-0.2, -0.15) is 0 Å². The van der Waals surface area contributed by atoms with E-state index in [2.05, 4.69) is 26.0 Å². The van der Waals surface area contributed by atoms with E-state index < -0.39 is 0 Å². The van der Waals surface area contributed by atoms with Crippen LogP contribution in [0.3, 0.4) is 0 Å². The summed E-state index contributed by atoms with van der Waals surface area (Å²) in [6.07, 6.45) is 1.69. The lowest BCUT2D eigenvalue weighted by Gasteiger charge is -2.26. The average molecular weight is 329 g/mol. The minimum Gasteiger partial charge on any atom is -0.457 e. The predicted octanol–water partition coefficient (Wildman–Crippen LogP) is 5.66.